The van der Waals surface area contributed by atoms with Crippen LogP contribution in [-0.4, -0.2) is 9.97 Å². The molecule has 1 heterocycles. The molecule has 2 aromatic rings. The van der Waals surface area contributed by atoms with Crippen LogP contribution < -0.4 is 5.32 Å². The number of benzene rings is 1. The van der Waals surface area contributed by atoms with Gasteiger partial charge in [0.05, 0.1) is 15.7 Å². The lowest BCUT2D eigenvalue weighted by Gasteiger charge is -2.14. The van der Waals surface area contributed by atoms with E-state index in [1.54, 1.807) is 0 Å². The Morgan fingerprint density at radius 1 is 1.26 bits per heavy atom. The SMILES string of the molecule is FC(F)(F)c1cc(Cl)ccc1Nc1ncncc1Br. The summed E-state index contributed by atoms with van der Waals surface area (Å²) in [7, 11) is 0. The Morgan fingerprint density at radius 3 is 2.63 bits per heavy atom. The summed E-state index contributed by atoms with van der Waals surface area (Å²) in [4.78, 5) is 7.58. The summed E-state index contributed by atoms with van der Waals surface area (Å²) in [6.07, 6.45) is -1.85. The minimum Gasteiger partial charge on any atom is -0.339 e. The standard InChI is InChI=1S/C11H6BrClF3N3/c12-8-4-17-5-18-10(8)19-9-2-1-6(13)3-7(9)11(14,15)16/h1-5H,(H,17,18,19). The quantitative estimate of drug-likeness (QED) is 0.854. The molecule has 0 aliphatic rings. The van der Waals surface area contributed by atoms with Crippen LogP contribution in [0.2, 0.25) is 5.02 Å². The zero-order chi connectivity index (χ0) is 14.0. The van der Waals surface area contributed by atoms with Gasteiger partial charge in [-0.1, -0.05) is 11.6 Å². The van der Waals surface area contributed by atoms with Crippen molar-refractivity contribution in [2.45, 2.75) is 6.18 Å². The molecule has 1 aromatic heterocycles. The van der Waals surface area contributed by atoms with E-state index in [1.807, 2.05) is 0 Å². The fourth-order valence-electron chi connectivity index (χ4n) is 1.39. The lowest BCUT2D eigenvalue weighted by Crippen LogP contribution is -2.09. The first-order valence-corrected chi connectivity index (χ1v) is 6.14. The van der Waals surface area contributed by atoms with Crippen LogP contribution in [-0.2, 0) is 6.18 Å². The minimum absolute atomic E-state index is 0.0135. The number of anilines is 2. The first-order chi connectivity index (χ1) is 8.88. The van der Waals surface area contributed by atoms with Crippen LogP contribution in [0.25, 0.3) is 0 Å². The van der Waals surface area contributed by atoms with Gasteiger partial charge in [-0.2, -0.15) is 13.2 Å². The molecule has 0 fully saturated rings. The number of rotatable bonds is 2. The number of nitrogens with one attached hydrogen (secondary N) is 1. The van der Waals surface area contributed by atoms with Crippen LogP contribution in [0, 0.1) is 0 Å². The van der Waals surface area contributed by atoms with Crippen LogP contribution in [0.1, 0.15) is 5.56 Å². The van der Waals surface area contributed by atoms with Gasteiger partial charge in [-0.3, -0.25) is 0 Å². The molecule has 100 valence electrons. The van der Waals surface area contributed by atoms with Gasteiger partial charge in [-0.05, 0) is 34.1 Å². The molecule has 8 heteroatoms. The summed E-state index contributed by atoms with van der Waals surface area (Å²) < 4.78 is 39.1. The van der Waals surface area contributed by atoms with Gasteiger partial charge in [0.2, 0.25) is 0 Å². The fourth-order valence-corrected chi connectivity index (χ4v) is 1.88. The molecule has 1 aromatic carbocycles. The molecular formula is C11H6BrClF3N3. The van der Waals surface area contributed by atoms with Gasteiger partial charge < -0.3 is 5.32 Å². The maximum atomic E-state index is 12.9. The van der Waals surface area contributed by atoms with E-state index in [0.29, 0.717) is 4.47 Å². The molecule has 0 saturated heterocycles. The van der Waals surface area contributed by atoms with Gasteiger partial charge in [0, 0.05) is 11.2 Å². The van der Waals surface area contributed by atoms with Crippen molar-refractivity contribution in [3.63, 3.8) is 0 Å². The summed E-state index contributed by atoms with van der Waals surface area (Å²) in [6, 6.07) is 3.48. The van der Waals surface area contributed by atoms with Gasteiger partial charge in [0.15, 0.2) is 0 Å². The number of aromatic nitrogens is 2. The fraction of sp³-hybridized carbons (Fsp3) is 0.0909. The van der Waals surface area contributed by atoms with Crippen molar-refractivity contribution in [2.75, 3.05) is 5.32 Å². The maximum absolute atomic E-state index is 12.9. The van der Waals surface area contributed by atoms with Crippen molar-refractivity contribution in [2.24, 2.45) is 0 Å². The Kier molecular flexibility index (Phi) is 3.96. The molecule has 1 N–H and O–H groups in total. The third-order valence-electron chi connectivity index (χ3n) is 2.21. The van der Waals surface area contributed by atoms with E-state index >= 15 is 0 Å². The van der Waals surface area contributed by atoms with Gasteiger partial charge >= 0.3 is 6.18 Å². The Morgan fingerprint density at radius 2 is 2.00 bits per heavy atom. The van der Waals surface area contributed by atoms with E-state index < -0.39 is 11.7 Å². The normalized spacial score (nSPS) is 11.4. The van der Waals surface area contributed by atoms with E-state index in [2.05, 4.69) is 31.2 Å². The summed E-state index contributed by atoms with van der Waals surface area (Å²) in [5.74, 6) is 0.239. The molecule has 0 radical (unpaired) electrons. The van der Waals surface area contributed by atoms with Gasteiger partial charge in [-0.15, -0.1) is 0 Å². The van der Waals surface area contributed by atoms with Crippen LogP contribution in [0.5, 0.6) is 0 Å². The van der Waals surface area contributed by atoms with Crippen molar-refractivity contribution in [1.29, 1.82) is 0 Å². The number of hydrogen-bond acceptors (Lipinski definition) is 3. The molecule has 19 heavy (non-hydrogen) atoms. The van der Waals surface area contributed by atoms with E-state index in [9.17, 15) is 13.2 Å². The highest BCUT2D eigenvalue weighted by Gasteiger charge is 2.34. The Hall–Kier alpha value is -1.34. The largest absolute Gasteiger partial charge is 0.418 e. The van der Waals surface area contributed by atoms with Crippen molar-refractivity contribution in [1.82, 2.24) is 9.97 Å². The first kappa shape index (κ1) is 14.1. The molecule has 0 unspecified atom stereocenters. The second-order valence-electron chi connectivity index (χ2n) is 3.53. The molecule has 3 nitrogen and oxygen atoms in total. The molecule has 0 saturated carbocycles. The average molecular weight is 353 g/mol. The van der Waals surface area contributed by atoms with Crippen LogP contribution in [0.15, 0.2) is 35.2 Å². The lowest BCUT2D eigenvalue weighted by atomic mass is 10.1. The average Bonchev–Trinajstić information content (AvgIpc) is 2.33. The predicted octanol–water partition coefficient (Wildman–Crippen LogP) is 4.65. The topological polar surface area (TPSA) is 37.8 Å². The molecule has 0 spiro atoms. The zero-order valence-corrected chi connectivity index (χ0v) is 11.5. The van der Waals surface area contributed by atoms with Crippen LogP contribution in [0.3, 0.4) is 0 Å². The van der Waals surface area contributed by atoms with Crippen molar-refractivity contribution in [3.8, 4) is 0 Å². The van der Waals surface area contributed by atoms with E-state index in [4.69, 9.17) is 11.6 Å². The number of alkyl halides is 3. The highest BCUT2D eigenvalue weighted by Crippen LogP contribution is 2.38. The zero-order valence-electron chi connectivity index (χ0n) is 9.17. The van der Waals surface area contributed by atoms with Gasteiger partial charge in [0.25, 0.3) is 0 Å². The number of halogens is 5. The number of hydrogen-bond donors (Lipinski definition) is 1. The van der Waals surface area contributed by atoms with E-state index in [-0.39, 0.29) is 16.5 Å². The summed E-state index contributed by atoms with van der Waals surface area (Å²) in [6.45, 7) is 0. The monoisotopic (exact) mass is 351 g/mol. The first-order valence-electron chi connectivity index (χ1n) is 4.97. The van der Waals surface area contributed by atoms with E-state index in [0.717, 1.165) is 6.07 Å². The summed E-state index contributed by atoms with van der Waals surface area (Å²) in [5.41, 5.74) is -0.984. The predicted molar refractivity (Wildman–Crippen MR) is 69.5 cm³/mol. The second-order valence-corrected chi connectivity index (χ2v) is 4.82. The Balaban J connectivity index is 2.44. The Bertz CT molecular complexity index is 604. The second kappa shape index (κ2) is 5.34. The Labute approximate surface area is 120 Å². The third kappa shape index (κ3) is 3.36. The maximum Gasteiger partial charge on any atom is 0.418 e. The molecular weight excluding hydrogens is 346 g/mol. The summed E-state index contributed by atoms with van der Waals surface area (Å²) >= 11 is 8.74. The van der Waals surface area contributed by atoms with Crippen molar-refractivity contribution < 1.29 is 13.2 Å². The molecule has 0 atom stereocenters. The number of nitrogens with zero attached hydrogens (tertiary/aromatic N) is 2. The molecule has 2 rings (SSSR count). The van der Waals surface area contributed by atoms with Crippen molar-refractivity contribution >= 4 is 39.0 Å². The highest BCUT2D eigenvalue weighted by molar-refractivity contribution is 9.10. The van der Waals surface area contributed by atoms with E-state index in [1.165, 1.54) is 24.7 Å². The molecule has 0 aliphatic carbocycles. The van der Waals surface area contributed by atoms with Gasteiger partial charge in [0.1, 0.15) is 12.1 Å². The van der Waals surface area contributed by atoms with Gasteiger partial charge in [-0.25, -0.2) is 9.97 Å². The minimum atomic E-state index is -4.51. The van der Waals surface area contributed by atoms with Crippen LogP contribution in [0.4, 0.5) is 24.7 Å². The summed E-state index contributed by atoms with van der Waals surface area (Å²) in [5, 5.41) is 2.61. The smallest absolute Gasteiger partial charge is 0.339 e. The third-order valence-corrected chi connectivity index (χ3v) is 3.02. The molecule has 0 bridgehead atoms. The molecule has 0 amide bonds. The van der Waals surface area contributed by atoms with Crippen LogP contribution >= 0.6 is 27.5 Å². The van der Waals surface area contributed by atoms with Crippen molar-refractivity contribution in [3.05, 3.63) is 45.8 Å². The highest BCUT2D eigenvalue weighted by atomic mass is 79.9. The molecule has 0 aliphatic heterocycles. The lowest BCUT2D eigenvalue weighted by molar-refractivity contribution is -0.136.